The predicted octanol–water partition coefficient (Wildman–Crippen LogP) is 1.75. The Morgan fingerprint density at radius 2 is 2.00 bits per heavy atom. The van der Waals surface area contributed by atoms with E-state index in [0.29, 0.717) is 6.61 Å². The number of ether oxygens (including phenoxy) is 1. The van der Waals surface area contributed by atoms with E-state index in [1.807, 2.05) is 0 Å². The number of aliphatic carboxylic acids is 1. The summed E-state index contributed by atoms with van der Waals surface area (Å²) in [6.07, 6.45) is 3.74. The lowest BCUT2D eigenvalue weighted by Gasteiger charge is -2.03. The molecular formula is C10H16O4. The van der Waals surface area contributed by atoms with Gasteiger partial charge in [-0.05, 0) is 13.3 Å². The van der Waals surface area contributed by atoms with Crippen molar-refractivity contribution in [3.63, 3.8) is 0 Å². The number of hydrogen-bond donors (Lipinski definition) is 1. The topological polar surface area (TPSA) is 63.6 Å². The third kappa shape index (κ3) is 6.22. The molecule has 0 amide bonds. The maximum Gasteiger partial charge on any atom is 0.333 e. The maximum atomic E-state index is 11.1. The molecule has 0 heterocycles. The van der Waals surface area contributed by atoms with Crippen molar-refractivity contribution in [3.8, 4) is 0 Å². The molecule has 0 radical (unpaired) electrons. The molecule has 0 aromatic carbocycles. The molecule has 0 aliphatic carbocycles. The Bertz CT molecular complexity index is 230. The fraction of sp³-hybridized carbons (Fsp3) is 0.600. The van der Waals surface area contributed by atoms with Crippen LogP contribution < -0.4 is 0 Å². The molecule has 4 nitrogen and oxygen atoms in total. The molecule has 0 unspecified atom stereocenters. The quantitative estimate of drug-likeness (QED) is 0.403. The molecule has 0 saturated heterocycles. The lowest BCUT2D eigenvalue weighted by molar-refractivity contribution is -0.140. The molecule has 4 heteroatoms. The molecule has 0 atom stereocenters. The van der Waals surface area contributed by atoms with Crippen LogP contribution in [0.25, 0.3) is 0 Å². The van der Waals surface area contributed by atoms with E-state index in [1.165, 1.54) is 6.92 Å². The van der Waals surface area contributed by atoms with Crippen LogP contribution in [-0.4, -0.2) is 23.7 Å². The molecule has 0 rings (SSSR count). The van der Waals surface area contributed by atoms with Crippen molar-refractivity contribution < 1.29 is 19.4 Å². The zero-order chi connectivity index (χ0) is 11.0. The smallest absolute Gasteiger partial charge is 0.333 e. The van der Waals surface area contributed by atoms with Crippen LogP contribution in [0, 0.1) is 0 Å². The summed E-state index contributed by atoms with van der Waals surface area (Å²) in [5.41, 5.74) is 0.119. The largest absolute Gasteiger partial charge is 0.478 e. The van der Waals surface area contributed by atoms with Gasteiger partial charge >= 0.3 is 11.9 Å². The van der Waals surface area contributed by atoms with Crippen molar-refractivity contribution in [2.45, 2.75) is 33.1 Å². The SMILES string of the molecule is CCCCCOC(=O)/C(C)=C\C(=O)O. The Morgan fingerprint density at radius 3 is 2.50 bits per heavy atom. The number of carboxylic acid groups (broad SMARTS) is 1. The van der Waals surface area contributed by atoms with Crippen LogP contribution >= 0.6 is 0 Å². The van der Waals surface area contributed by atoms with Crippen LogP contribution in [-0.2, 0) is 14.3 Å². The van der Waals surface area contributed by atoms with Crippen LogP contribution in [0.1, 0.15) is 33.1 Å². The second-order valence-corrected chi connectivity index (χ2v) is 3.01. The van der Waals surface area contributed by atoms with Crippen molar-refractivity contribution >= 4 is 11.9 Å². The minimum Gasteiger partial charge on any atom is -0.478 e. The Morgan fingerprint density at radius 1 is 1.36 bits per heavy atom. The van der Waals surface area contributed by atoms with Gasteiger partial charge < -0.3 is 9.84 Å². The summed E-state index contributed by atoms with van der Waals surface area (Å²) < 4.78 is 4.84. The van der Waals surface area contributed by atoms with Gasteiger partial charge in [-0.25, -0.2) is 9.59 Å². The molecule has 1 N–H and O–H groups in total. The molecule has 80 valence electrons. The predicted molar refractivity (Wildman–Crippen MR) is 51.9 cm³/mol. The molecule has 0 saturated carbocycles. The number of rotatable bonds is 6. The molecular weight excluding hydrogens is 184 g/mol. The van der Waals surface area contributed by atoms with Gasteiger partial charge in [-0.2, -0.15) is 0 Å². The Balaban J connectivity index is 3.79. The summed E-state index contributed by atoms with van der Waals surface area (Å²) in [6.45, 7) is 3.84. The molecule has 0 aromatic heterocycles. The average molecular weight is 200 g/mol. The highest BCUT2D eigenvalue weighted by Gasteiger charge is 2.06. The van der Waals surface area contributed by atoms with Crippen LogP contribution in [0.2, 0.25) is 0 Å². The zero-order valence-electron chi connectivity index (χ0n) is 8.58. The second-order valence-electron chi connectivity index (χ2n) is 3.01. The van der Waals surface area contributed by atoms with Crippen molar-refractivity contribution in [2.24, 2.45) is 0 Å². The van der Waals surface area contributed by atoms with Crippen LogP contribution in [0.15, 0.2) is 11.6 Å². The zero-order valence-corrected chi connectivity index (χ0v) is 8.58. The van der Waals surface area contributed by atoms with Gasteiger partial charge in [-0.15, -0.1) is 0 Å². The highest BCUT2D eigenvalue weighted by atomic mass is 16.5. The van der Waals surface area contributed by atoms with Gasteiger partial charge in [0.2, 0.25) is 0 Å². The second kappa shape index (κ2) is 7.12. The third-order valence-corrected chi connectivity index (χ3v) is 1.64. The summed E-state index contributed by atoms with van der Waals surface area (Å²) in [7, 11) is 0. The number of esters is 1. The first-order chi connectivity index (χ1) is 6.57. The summed E-state index contributed by atoms with van der Waals surface area (Å²) >= 11 is 0. The van der Waals surface area contributed by atoms with Crippen LogP contribution in [0.3, 0.4) is 0 Å². The van der Waals surface area contributed by atoms with E-state index in [2.05, 4.69) is 6.92 Å². The summed E-state index contributed by atoms with van der Waals surface area (Å²) in [4.78, 5) is 21.3. The van der Waals surface area contributed by atoms with E-state index >= 15 is 0 Å². The monoisotopic (exact) mass is 200 g/mol. The molecule has 0 aliphatic heterocycles. The Kier molecular flexibility index (Phi) is 6.45. The normalized spacial score (nSPS) is 11.1. The Hall–Kier alpha value is -1.32. The standard InChI is InChI=1S/C10H16O4/c1-3-4-5-6-14-10(13)8(2)7-9(11)12/h7H,3-6H2,1-2H3,(H,11,12)/b8-7-. The number of carbonyl (C=O) groups excluding carboxylic acids is 1. The van der Waals surface area contributed by atoms with E-state index in [1.54, 1.807) is 0 Å². The molecule has 0 fully saturated rings. The first-order valence-electron chi connectivity index (χ1n) is 4.66. The van der Waals surface area contributed by atoms with E-state index in [-0.39, 0.29) is 5.57 Å². The van der Waals surface area contributed by atoms with E-state index in [4.69, 9.17) is 9.84 Å². The van der Waals surface area contributed by atoms with Crippen molar-refractivity contribution in [2.75, 3.05) is 6.61 Å². The maximum absolute atomic E-state index is 11.1. The highest BCUT2D eigenvalue weighted by Crippen LogP contribution is 1.99. The highest BCUT2D eigenvalue weighted by molar-refractivity contribution is 5.95. The molecule has 0 aromatic rings. The van der Waals surface area contributed by atoms with Gasteiger partial charge in [0.1, 0.15) is 0 Å². The summed E-state index contributed by atoms with van der Waals surface area (Å²) in [5.74, 6) is -1.68. The van der Waals surface area contributed by atoms with Gasteiger partial charge in [-0.1, -0.05) is 19.8 Å². The van der Waals surface area contributed by atoms with Crippen molar-refractivity contribution in [3.05, 3.63) is 11.6 Å². The first kappa shape index (κ1) is 12.7. The van der Waals surface area contributed by atoms with Gasteiger partial charge in [0.25, 0.3) is 0 Å². The average Bonchev–Trinajstić information content (AvgIpc) is 2.11. The number of carbonyl (C=O) groups is 2. The fourth-order valence-corrected chi connectivity index (χ4v) is 0.875. The van der Waals surface area contributed by atoms with Crippen molar-refractivity contribution in [1.29, 1.82) is 0 Å². The lowest BCUT2D eigenvalue weighted by atomic mass is 10.2. The van der Waals surface area contributed by atoms with Crippen LogP contribution in [0.5, 0.6) is 0 Å². The molecule has 0 aliphatic rings. The molecule has 0 spiro atoms. The minimum atomic E-state index is -1.13. The lowest BCUT2D eigenvalue weighted by Crippen LogP contribution is -2.08. The minimum absolute atomic E-state index is 0.119. The molecule has 0 bridgehead atoms. The third-order valence-electron chi connectivity index (χ3n) is 1.64. The summed E-state index contributed by atoms with van der Waals surface area (Å²) in [6, 6.07) is 0. The first-order valence-corrected chi connectivity index (χ1v) is 4.66. The Labute approximate surface area is 83.6 Å². The van der Waals surface area contributed by atoms with Gasteiger partial charge in [0.05, 0.1) is 6.61 Å². The van der Waals surface area contributed by atoms with Crippen LogP contribution in [0.4, 0.5) is 0 Å². The molecule has 14 heavy (non-hydrogen) atoms. The van der Waals surface area contributed by atoms with Crippen molar-refractivity contribution in [1.82, 2.24) is 0 Å². The number of hydrogen-bond acceptors (Lipinski definition) is 3. The fourth-order valence-electron chi connectivity index (χ4n) is 0.875. The summed E-state index contributed by atoms with van der Waals surface area (Å²) in [5, 5.41) is 8.36. The van der Waals surface area contributed by atoms with E-state index in [9.17, 15) is 9.59 Å². The van der Waals surface area contributed by atoms with Gasteiger partial charge in [0, 0.05) is 11.6 Å². The number of unbranched alkanes of at least 4 members (excludes halogenated alkanes) is 2. The van der Waals surface area contributed by atoms with E-state index < -0.39 is 11.9 Å². The number of carboxylic acids is 1. The van der Waals surface area contributed by atoms with Gasteiger partial charge in [-0.3, -0.25) is 0 Å². The van der Waals surface area contributed by atoms with E-state index in [0.717, 1.165) is 25.3 Å². The van der Waals surface area contributed by atoms with Gasteiger partial charge in [0.15, 0.2) is 0 Å².